The molecule has 0 unspecified atom stereocenters. The molecule has 1 N–H and O–H groups in total. The Morgan fingerprint density at radius 2 is 1.26 bits per heavy atom. The van der Waals surface area contributed by atoms with Crippen molar-refractivity contribution in [2.45, 2.75) is 51.1 Å². The largest absolute Gasteiger partial charge is 0.407 e. The third-order valence-corrected chi connectivity index (χ3v) is 9.24. The first-order valence-corrected chi connectivity index (χ1v) is 11.1. The van der Waals surface area contributed by atoms with Crippen LogP contribution in [0.5, 0.6) is 0 Å². The summed E-state index contributed by atoms with van der Waals surface area (Å²) in [6, 6.07) is 19.8. The summed E-state index contributed by atoms with van der Waals surface area (Å²) in [7, 11) is -2.01. The van der Waals surface area contributed by atoms with E-state index in [1.165, 1.54) is 0 Å². The smallest absolute Gasteiger partial charge is 0.193 e. The minimum atomic E-state index is -2.01. The van der Waals surface area contributed by atoms with Crippen LogP contribution >= 0.6 is 0 Å². The molecule has 2 rings (SSSR count). The summed E-state index contributed by atoms with van der Waals surface area (Å²) < 4.78 is 6.59. The molecule has 0 aliphatic rings. The molecule has 0 fully saturated rings. The van der Waals surface area contributed by atoms with E-state index < -0.39 is 14.4 Å². The van der Waals surface area contributed by atoms with Crippen molar-refractivity contribution < 1.29 is 9.53 Å². The summed E-state index contributed by atoms with van der Waals surface area (Å²) in [5, 5.41) is 11.1. The number of aliphatic hydroxyl groups excluding tert-OH is 1. The third-order valence-electron chi connectivity index (χ3n) is 4.78. The fraction of sp³-hybridized carbons (Fsp3) is 0.400. The molecule has 2 aromatic rings. The second kappa shape index (κ2) is 6.99. The lowest BCUT2D eigenvalue weighted by Crippen LogP contribution is -2.42. The predicted molar refractivity (Wildman–Crippen MR) is 98.9 cm³/mol. The highest BCUT2D eigenvalue weighted by Gasteiger charge is 2.41. The van der Waals surface area contributed by atoms with E-state index in [1.807, 2.05) is 60.7 Å². The van der Waals surface area contributed by atoms with Crippen molar-refractivity contribution >= 4 is 8.32 Å². The van der Waals surface area contributed by atoms with E-state index in [0.29, 0.717) is 0 Å². The van der Waals surface area contributed by atoms with Crippen LogP contribution < -0.4 is 0 Å². The standard InChI is InChI=1S/C20H28O2Si/c1-20(2,3)23(4,5)22-19(17-14-10-7-11-15-17)18(21)16-12-8-6-9-13-16/h6-15,18-19,21H,1-5H3/t18-,19+/m0/s1. The van der Waals surface area contributed by atoms with Gasteiger partial charge >= 0.3 is 0 Å². The highest BCUT2D eigenvalue weighted by atomic mass is 28.4. The summed E-state index contributed by atoms with van der Waals surface area (Å²) in [5.74, 6) is 0. The van der Waals surface area contributed by atoms with Gasteiger partial charge in [0.15, 0.2) is 8.32 Å². The molecule has 0 radical (unpaired) electrons. The Bertz CT molecular complexity index is 603. The Labute approximate surface area is 141 Å². The topological polar surface area (TPSA) is 29.5 Å². The van der Waals surface area contributed by atoms with Crippen LogP contribution in [0.4, 0.5) is 0 Å². The maximum atomic E-state index is 11.0. The van der Waals surface area contributed by atoms with Gasteiger partial charge in [0.1, 0.15) is 12.2 Å². The van der Waals surface area contributed by atoms with Gasteiger partial charge in [0.05, 0.1) is 0 Å². The van der Waals surface area contributed by atoms with E-state index in [-0.39, 0.29) is 11.1 Å². The van der Waals surface area contributed by atoms with Crippen molar-refractivity contribution in [3.63, 3.8) is 0 Å². The fourth-order valence-electron chi connectivity index (χ4n) is 2.28. The van der Waals surface area contributed by atoms with Crippen molar-refractivity contribution in [2.75, 3.05) is 0 Å². The van der Waals surface area contributed by atoms with E-state index in [1.54, 1.807) is 0 Å². The van der Waals surface area contributed by atoms with Crippen LogP contribution in [0, 0.1) is 0 Å². The predicted octanol–water partition coefficient (Wildman–Crippen LogP) is 5.48. The van der Waals surface area contributed by atoms with E-state index in [4.69, 9.17) is 4.43 Å². The third kappa shape index (κ3) is 4.31. The lowest BCUT2D eigenvalue weighted by atomic mass is 9.98. The summed E-state index contributed by atoms with van der Waals surface area (Å²) in [6.45, 7) is 11.1. The van der Waals surface area contributed by atoms with Crippen LogP contribution in [0.1, 0.15) is 44.1 Å². The van der Waals surface area contributed by atoms with Crippen LogP contribution in [0.15, 0.2) is 60.7 Å². The number of hydrogen-bond acceptors (Lipinski definition) is 2. The first-order chi connectivity index (χ1) is 10.7. The van der Waals surface area contributed by atoms with Crippen LogP contribution in [0.25, 0.3) is 0 Å². The number of hydrogen-bond donors (Lipinski definition) is 1. The molecule has 3 heteroatoms. The van der Waals surface area contributed by atoms with Gasteiger partial charge in [-0.25, -0.2) is 0 Å². The quantitative estimate of drug-likeness (QED) is 0.736. The van der Waals surface area contributed by atoms with Gasteiger partial charge in [0.25, 0.3) is 0 Å². The zero-order valence-electron chi connectivity index (χ0n) is 14.8. The van der Waals surface area contributed by atoms with Gasteiger partial charge in [-0.05, 0) is 29.3 Å². The second-order valence-electron chi connectivity index (χ2n) is 7.56. The molecule has 0 bridgehead atoms. The number of rotatable bonds is 5. The molecule has 0 aliphatic heterocycles. The molecular formula is C20H28O2Si. The van der Waals surface area contributed by atoms with Gasteiger partial charge in [0.2, 0.25) is 0 Å². The maximum Gasteiger partial charge on any atom is 0.193 e. The average Bonchev–Trinajstić information content (AvgIpc) is 2.52. The monoisotopic (exact) mass is 328 g/mol. The Morgan fingerprint density at radius 3 is 1.70 bits per heavy atom. The SMILES string of the molecule is CC(C)(C)[Si](C)(C)O[C@H](c1ccccc1)[C@@H](O)c1ccccc1. The van der Waals surface area contributed by atoms with Gasteiger partial charge in [0, 0.05) is 0 Å². The molecule has 0 saturated heterocycles. The lowest BCUT2D eigenvalue weighted by Gasteiger charge is -2.40. The molecule has 2 atom stereocenters. The van der Waals surface area contributed by atoms with Gasteiger partial charge < -0.3 is 9.53 Å². The van der Waals surface area contributed by atoms with E-state index in [0.717, 1.165) is 11.1 Å². The van der Waals surface area contributed by atoms with Crippen LogP contribution in [-0.4, -0.2) is 13.4 Å². The highest BCUT2D eigenvalue weighted by molar-refractivity contribution is 6.74. The minimum Gasteiger partial charge on any atom is -0.407 e. The first kappa shape index (κ1) is 17.9. The molecule has 2 aromatic carbocycles. The van der Waals surface area contributed by atoms with Gasteiger partial charge in [-0.15, -0.1) is 0 Å². The zero-order chi connectivity index (χ0) is 17.1. The van der Waals surface area contributed by atoms with Gasteiger partial charge in [-0.2, -0.15) is 0 Å². The van der Waals surface area contributed by atoms with Crippen molar-refractivity contribution in [2.24, 2.45) is 0 Å². The Hall–Kier alpha value is -1.42. The average molecular weight is 329 g/mol. The Kier molecular flexibility index (Phi) is 5.45. The van der Waals surface area contributed by atoms with Crippen molar-refractivity contribution in [3.05, 3.63) is 71.8 Å². The summed E-state index contributed by atoms with van der Waals surface area (Å²) in [4.78, 5) is 0. The zero-order valence-corrected chi connectivity index (χ0v) is 15.8. The molecule has 124 valence electrons. The number of aliphatic hydroxyl groups is 1. The van der Waals surface area contributed by atoms with E-state index in [2.05, 4.69) is 33.9 Å². The van der Waals surface area contributed by atoms with Crippen LogP contribution in [-0.2, 0) is 4.43 Å². The van der Waals surface area contributed by atoms with Gasteiger partial charge in [-0.1, -0.05) is 81.4 Å². The molecule has 0 spiro atoms. The Balaban J connectivity index is 2.37. The van der Waals surface area contributed by atoms with Crippen molar-refractivity contribution in [1.82, 2.24) is 0 Å². The fourth-order valence-corrected chi connectivity index (χ4v) is 3.53. The molecule has 0 saturated carbocycles. The number of benzene rings is 2. The van der Waals surface area contributed by atoms with Crippen molar-refractivity contribution in [1.29, 1.82) is 0 Å². The molecular weight excluding hydrogens is 300 g/mol. The summed E-state index contributed by atoms with van der Waals surface area (Å²) >= 11 is 0. The highest BCUT2D eigenvalue weighted by Crippen LogP contribution is 2.43. The molecule has 2 nitrogen and oxygen atoms in total. The van der Waals surface area contributed by atoms with Gasteiger partial charge in [-0.3, -0.25) is 0 Å². The Morgan fingerprint density at radius 1 is 0.826 bits per heavy atom. The maximum absolute atomic E-state index is 11.0. The van der Waals surface area contributed by atoms with Crippen molar-refractivity contribution in [3.8, 4) is 0 Å². The molecule has 0 aromatic heterocycles. The second-order valence-corrected chi connectivity index (χ2v) is 12.3. The molecule has 23 heavy (non-hydrogen) atoms. The summed E-state index contributed by atoms with van der Waals surface area (Å²) in [6.07, 6.45) is -1.02. The van der Waals surface area contributed by atoms with E-state index >= 15 is 0 Å². The summed E-state index contributed by atoms with van der Waals surface area (Å²) in [5.41, 5.74) is 1.91. The molecule has 0 amide bonds. The molecule has 0 heterocycles. The first-order valence-electron chi connectivity index (χ1n) is 8.18. The molecule has 0 aliphatic carbocycles. The van der Waals surface area contributed by atoms with Crippen LogP contribution in [0.2, 0.25) is 18.1 Å². The van der Waals surface area contributed by atoms with Crippen LogP contribution in [0.3, 0.4) is 0 Å². The minimum absolute atomic E-state index is 0.0937. The van der Waals surface area contributed by atoms with E-state index in [9.17, 15) is 5.11 Å². The lowest BCUT2D eigenvalue weighted by molar-refractivity contribution is 0.0253. The normalized spacial score (nSPS) is 15.2.